The molecule has 2 rings (SSSR count). The second-order valence-corrected chi connectivity index (χ2v) is 3.98. The number of nitrogens with two attached hydrogens (primary N) is 1. The standard InChI is InChI=1S/C11H11ClFN3/c1-7(14)11-5-15-6-16(11)8-2-3-10(13)9(12)4-8/h2-7H,14H2,1H3/t7-/m0/s1. The van der Waals surface area contributed by atoms with E-state index in [0.717, 1.165) is 11.4 Å². The molecule has 2 aromatic rings. The van der Waals surface area contributed by atoms with Crippen molar-refractivity contribution in [1.82, 2.24) is 9.55 Å². The normalized spacial score (nSPS) is 12.8. The Hall–Kier alpha value is -1.39. The van der Waals surface area contributed by atoms with Crippen molar-refractivity contribution in [2.75, 3.05) is 0 Å². The van der Waals surface area contributed by atoms with Crippen LogP contribution in [0.15, 0.2) is 30.7 Å². The van der Waals surface area contributed by atoms with Gasteiger partial charge in [0.15, 0.2) is 0 Å². The summed E-state index contributed by atoms with van der Waals surface area (Å²) in [7, 11) is 0. The lowest BCUT2D eigenvalue weighted by Gasteiger charge is -2.11. The molecule has 1 aromatic heterocycles. The number of halogens is 2. The van der Waals surface area contributed by atoms with Crippen LogP contribution >= 0.6 is 11.6 Å². The molecule has 5 heteroatoms. The van der Waals surface area contributed by atoms with E-state index in [4.69, 9.17) is 17.3 Å². The molecule has 1 aromatic carbocycles. The second kappa shape index (κ2) is 4.23. The van der Waals surface area contributed by atoms with E-state index in [-0.39, 0.29) is 11.1 Å². The van der Waals surface area contributed by atoms with Crippen LogP contribution in [0, 0.1) is 5.82 Å². The SMILES string of the molecule is C[C@H](N)c1cncn1-c1ccc(F)c(Cl)c1. The van der Waals surface area contributed by atoms with Crippen LogP contribution in [-0.2, 0) is 0 Å². The molecular weight excluding hydrogens is 229 g/mol. The Morgan fingerprint density at radius 2 is 2.25 bits per heavy atom. The average molecular weight is 240 g/mol. The Morgan fingerprint density at radius 1 is 1.50 bits per heavy atom. The van der Waals surface area contributed by atoms with Crippen molar-refractivity contribution in [3.8, 4) is 5.69 Å². The first-order valence-electron chi connectivity index (χ1n) is 4.83. The van der Waals surface area contributed by atoms with Gasteiger partial charge in [0.2, 0.25) is 0 Å². The molecule has 1 atom stereocenters. The fourth-order valence-corrected chi connectivity index (χ4v) is 1.67. The van der Waals surface area contributed by atoms with E-state index in [1.165, 1.54) is 6.07 Å². The number of aromatic nitrogens is 2. The summed E-state index contributed by atoms with van der Waals surface area (Å²) < 4.78 is 14.8. The predicted octanol–water partition coefficient (Wildman–Crippen LogP) is 2.68. The van der Waals surface area contributed by atoms with Gasteiger partial charge in [0, 0.05) is 11.7 Å². The molecule has 0 unspecified atom stereocenters. The van der Waals surface area contributed by atoms with Crippen molar-refractivity contribution < 1.29 is 4.39 Å². The van der Waals surface area contributed by atoms with Crippen LogP contribution in [0.4, 0.5) is 4.39 Å². The monoisotopic (exact) mass is 239 g/mol. The fraction of sp³-hybridized carbons (Fsp3) is 0.182. The Balaban J connectivity index is 2.50. The number of imidazole rings is 1. The van der Waals surface area contributed by atoms with Gasteiger partial charge in [-0.15, -0.1) is 0 Å². The third-order valence-electron chi connectivity index (χ3n) is 2.31. The van der Waals surface area contributed by atoms with Crippen molar-refractivity contribution >= 4 is 11.6 Å². The van der Waals surface area contributed by atoms with Gasteiger partial charge >= 0.3 is 0 Å². The highest BCUT2D eigenvalue weighted by Crippen LogP contribution is 2.21. The highest BCUT2D eigenvalue weighted by atomic mass is 35.5. The van der Waals surface area contributed by atoms with E-state index in [2.05, 4.69) is 4.98 Å². The molecule has 84 valence electrons. The molecule has 0 aliphatic carbocycles. The fourth-order valence-electron chi connectivity index (χ4n) is 1.49. The smallest absolute Gasteiger partial charge is 0.141 e. The summed E-state index contributed by atoms with van der Waals surface area (Å²) in [5.41, 5.74) is 7.39. The first-order chi connectivity index (χ1) is 7.59. The van der Waals surface area contributed by atoms with E-state index in [1.54, 1.807) is 29.2 Å². The number of benzene rings is 1. The lowest BCUT2D eigenvalue weighted by Crippen LogP contribution is -2.10. The minimum atomic E-state index is -0.437. The van der Waals surface area contributed by atoms with Crippen LogP contribution in [0.1, 0.15) is 18.7 Å². The van der Waals surface area contributed by atoms with Crippen molar-refractivity contribution in [3.05, 3.63) is 47.3 Å². The summed E-state index contributed by atoms with van der Waals surface area (Å²) in [6.07, 6.45) is 3.31. The molecule has 0 saturated carbocycles. The summed E-state index contributed by atoms with van der Waals surface area (Å²) >= 11 is 5.72. The van der Waals surface area contributed by atoms with E-state index in [0.29, 0.717) is 0 Å². The minimum Gasteiger partial charge on any atom is -0.323 e. The Morgan fingerprint density at radius 3 is 2.88 bits per heavy atom. The second-order valence-electron chi connectivity index (χ2n) is 3.58. The molecule has 2 N–H and O–H groups in total. The van der Waals surface area contributed by atoms with Crippen LogP contribution in [0.5, 0.6) is 0 Å². The Bertz CT molecular complexity index is 508. The van der Waals surface area contributed by atoms with E-state index < -0.39 is 5.82 Å². The number of rotatable bonds is 2. The molecule has 1 heterocycles. The van der Waals surface area contributed by atoms with Crippen LogP contribution in [0.25, 0.3) is 5.69 Å². The van der Waals surface area contributed by atoms with Gasteiger partial charge in [-0.3, -0.25) is 0 Å². The highest BCUT2D eigenvalue weighted by molar-refractivity contribution is 6.30. The molecule has 0 amide bonds. The summed E-state index contributed by atoms with van der Waals surface area (Å²) in [4.78, 5) is 4.02. The van der Waals surface area contributed by atoms with Gasteiger partial charge < -0.3 is 10.3 Å². The largest absolute Gasteiger partial charge is 0.323 e. The summed E-state index contributed by atoms with van der Waals surface area (Å²) in [6, 6.07) is 4.35. The number of hydrogen-bond donors (Lipinski definition) is 1. The van der Waals surface area contributed by atoms with Crippen LogP contribution in [0.3, 0.4) is 0 Å². The molecule has 0 radical (unpaired) electrons. The van der Waals surface area contributed by atoms with E-state index >= 15 is 0 Å². The van der Waals surface area contributed by atoms with E-state index in [1.807, 2.05) is 6.92 Å². The summed E-state index contributed by atoms with van der Waals surface area (Å²) in [6.45, 7) is 1.86. The quantitative estimate of drug-likeness (QED) is 0.876. The maximum Gasteiger partial charge on any atom is 0.141 e. The molecule has 16 heavy (non-hydrogen) atoms. The molecule has 0 fully saturated rings. The van der Waals surface area contributed by atoms with Crippen molar-refractivity contribution in [3.63, 3.8) is 0 Å². The molecular formula is C11H11ClFN3. The van der Waals surface area contributed by atoms with Crippen LogP contribution < -0.4 is 5.73 Å². The van der Waals surface area contributed by atoms with Gasteiger partial charge in [-0.1, -0.05) is 11.6 Å². The third kappa shape index (κ3) is 1.94. The van der Waals surface area contributed by atoms with E-state index in [9.17, 15) is 4.39 Å². The predicted molar refractivity (Wildman–Crippen MR) is 61.1 cm³/mol. The molecule has 0 bridgehead atoms. The van der Waals surface area contributed by atoms with Gasteiger partial charge in [0.1, 0.15) is 5.82 Å². The van der Waals surface area contributed by atoms with Crippen LogP contribution in [0.2, 0.25) is 5.02 Å². The number of nitrogens with zero attached hydrogens (tertiary/aromatic N) is 2. The Kier molecular flexibility index (Phi) is 2.94. The summed E-state index contributed by atoms with van der Waals surface area (Å²) in [5, 5.41) is 0.0850. The zero-order valence-corrected chi connectivity index (χ0v) is 9.45. The van der Waals surface area contributed by atoms with Gasteiger partial charge in [-0.05, 0) is 25.1 Å². The first-order valence-corrected chi connectivity index (χ1v) is 5.20. The molecule has 0 aliphatic heterocycles. The molecule has 0 aliphatic rings. The molecule has 0 spiro atoms. The first kappa shape index (κ1) is 11.1. The molecule has 0 saturated heterocycles. The van der Waals surface area contributed by atoms with Gasteiger partial charge in [-0.2, -0.15) is 0 Å². The minimum absolute atomic E-state index is 0.0850. The summed E-state index contributed by atoms with van der Waals surface area (Å²) in [5.74, 6) is -0.437. The maximum absolute atomic E-state index is 13.0. The molecule has 3 nitrogen and oxygen atoms in total. The zero-order chi connectivity index (χ0) is 11.7. The van der Waals surface area contributed by atoms with Gasteiger partial charge in [0.25, 0.3) is 0 Å². The van der Waals surface area contributed by atoms with Gasteiger partial charge in [-0.25, -0.2) is 9.37 Å². The van der Waals surface area contributed by atoms with Crippen LogP contribution in [-0.4, -0.2) is 9.55 Å². The Labute approximate surface area is 97.7 Å². The van der Waals surface area contributed by atoms with Crippen molar-refractivity contribution in [1.29, 1.82) is 0 Å². The highest BCUT2D eigenvalue weighted by Gasteiger charge is 2.09. The van der Waals surface area contributed by atoms with Crippen molar-refractivity contribution in [2.45, 2.75) is 13.0 Å². The maximum atomic E-state index is 13.0. The van der Waals surface area contributed by atoms with Crippen molar-refractivity contribution in [2.24, 2.45) is 5.73 Å². The topological polar surface area (TPSA) is 43.8 Å². The lowest BCUT2D eigenvalue weighted by molar-refractivity contribution is 0.627. The zero-order valence-electron chi connectivity index (χ0n) is 8.69. The average Bonchev–Trinajstić information content (AvgIpc) is 2.71. The third-order valence-corrected chi connectivity index (χ3v) is 2.60. The lowest BCUT2D eigenvalue weighted by atomic mass is 10.2. The number of hydrogen-bond acceptors (Lipinski definition) is 2. The van der Waals surface area contributed by atoms with Gasteiger partial charge in [0.05, 0.1) is 23.2 Å².